The Labute approximate surface area is 277 Å². The van der Waals surface area contributed by atoms with Crippen LogP contribution in [0.2, 0.25) is 0 Å². The first kappa shape index (κ1) is 37.4. The number of nitrogens with one attached hydrogen (secondary N) is 2. The van der Waals surface area contributed by atoms with E-state index in [1.54, 1.807) is 0 Å². The average molecular weight is 692 g/mol. The normalized spacial score (nSPS) is 50.6. The first-order valence-corrected chi connectivity index (χ1v) is 16.4. The summed E-state index contributed by atoms with van der Waals surface area (Å²) in [4.78, 5) is 17.1. The molecule has 17 atom stereocenters. The highest BCUT2D eigenvalue weighted by atomic mass is 16.7. The fourth-order valence-electron chi connectivity index (χ4n) is 7.45. The minimum atomic E-state index is -1.95. The Morgan fingerprint density at radius 1 is 0.875 bits per heavy atom. The number of guanidine groups is 1. The number of ether oxygens (including phenoxy) is 3. The molecule has 0 aromatic rings. The summed E-state index contributed by atoms with van der Waals surface area (Å²) in [5, 5.41) is 81.2. The number of amides is 1. The maximum absolute atomic E-state index is 13.3. The Morgan fingerprint density at radius 3 is 2.19 bits per heavy atom. The first-order chi connectivity index (χ1) is 22.6. The molecule has 0 aromatic carbocycles. The van der Waals surface area contributed by atoms with Gasteiger partial charge in [0.15, 0.2) is 17.9 Å². The molecule has 0 bridgehead atoms. The summed E-state index contributed by atoms with van der Waals surface area (Å²) in [6.45, 7) is 0.113. The third-order valence-corrected chi connectivity index (χ3v) is 10.6. The van der Waals surface area contributed by atoms with Crippen LogP contribution in [0.4, 0.5) is 0 Å². The summed E-state index contributed by atoms with van der Waals surface area (Å²) >= 11 is 0. The maximum Gasteiger partial charge on any atom is 0.254 e. The van der Waals surface area contributed by atoms with Crippen molar-refractivity contribution in [2.45, 2.75) is 129 Å². The van der Waals surface area contributed by atoms with Gasteiger partial charge in [0.2, 0.25) is 0 Å². The molecule has 20 heteroatoms. The molecule has 5 rings (SSSR count). The molecule has 3 saturated carbocycles. The Morgan fingerprint density at radius 2 is 1.56 bits per heavy atom. The molecule has 2 aliphatic heterocycles. The van der Waals surface area contributed by atoms with E-state index in [0.717, 1.165) is 12.8 Å². The Bertz CT molecular complexity index is 1150. The molecule has 20 nitrogen and oxygen atoms in total. The van der Waals surface area contributed by atoms with Gasteiger partial charge in [-0.3, -0.25) is 4.79 Å². The number of hydrogen-bond donors (Lipinski definition) is 15. The molecule has 2 saturated heterocycles. The van der Waals surface area contributed by atoms with Crippen molar-refractivity contribution in [1.82, 2.24) is 10.6 Å². The second kappa shape index (κ2) is 14.8. The zero-order chi connectivity index (χ0) is 35.2. The van der Waals surface area contributed by atoms with E-state index in [4.69, 9.17) is 48.6 Å². The molecule has 2 heterocycles. The predicted octanol–water partition coefficient (Wildman–Crippen LogP) is -8.75. The highest BCUT2D eigenvalue weighted by Crippen LogP contribution is 2.41. The Kier molecular flexibility index (Phi) is 11.5. The number of rotatable bonds is 11. The number of hydrogen-bond acceptors (Lipinski definition) is 17. The minimum absolute atomic E-state index is 0.0739. The number of nitrogens with zero attached hydrogens (tertiary/aromatic N) is 1. The van der Waals surface area contributed by atoms with Gasteiger partial charge in [0, 0.05) is 31.0 Å². The second-order valence-corrected chi connectivity index (χ2v) is 14.1. The van der Waals surface area contributed by atoms with Gasteiger partial charge in [-0.2, -0.15) is 0 Å². The summed E-state index contributed by atoms with van der Waals surface area (Å²) in [5.41, 5.74) is 33.7. The van der Waals surface area contributed by atoms with Gasteiger partial charge in [-0.1, -0.05) is 0 Å². The third kappa shape index (κ3) is 7.43. The number of aliphatic imine (C=N–C) groups is 1. The van der Waals surface area contributed by atoms with Crippen molar-refractivity contribution in [3.8, 4) is 0 Å². The quantitative estimate of drug-likeness (QED) is 0.0706. The number of aliphatic hydroxyl groups excluding tert-OH is 6. The Hall–Kier alpha value is -1.86. The van der Waals surface area contributed by atoms with Crippen LogP contribution in [0.5, 0.6) is 0 Å². The number of nitrogens with two attached hydrogens (primary N) is 6. The van der Waals surface area contributed by atoms with Gasteiger partial charge in [-0.25, -0.2) is 4.99 Å². The van der Waals surface area contributed by atoms with Gasteiger partial charge in [0.05, 0.1) is 49.1 Å². The highest BCUT2D eigenvalue weighted by Gasteiger charge is 2.62. The van der Waals surface area contributed by atoms with Gasteiger partial charge in [0.1, 0.15) is 36.6 Å². The predicted molar refractivity (Wildman–Crippen MR) is 166 cm³/mol. The monoisotopic (exact) mass is 691 g/mol. The summed E-state index contributed by atoms with van der Waals surface area (Å²) in [6.07, 6.45) is -12.2. The standard InChI is InChI=1S/C28H53N9O11/c29-9-1-8(2-9)5-35-6-12-19(40)21(42)17(32)24(46-12)15-10(30)3-11(36-26(44)28(45)4-14(28)37-27(33)34)23(20(15)41)48-25-22(43)16(31)18(39)13(7-38)47-25/h8-25,35,38-43,45H,1-7,29-32H2,(H,36,44)(H4,33,34,37)/t8?,9?,10-,11+,12+,13+,14?,15?,16-,17+,18+,19+,20-,21+,22+,23-,24+,25+,28?/m0/s1. The van der Waals surface area contributed by atoms with Crippen molar-refractivity contribution in [3.63, 3.8) is 0 Å². The van der Waals surface area contributed by atoms with Crippen molar-refractivity contribution in [3.05, 3.63) is 0 Å². The number of carbonyl (C=O) groups excluding carboxylic acids is 1. The van der Waals surface area contributed by atoms with E-state index in [1.165, 1.54) is 0 Å². The fourth-order valence-corrected chi connectivity index (χ4v) is 7.45. The molecule has 276 valence electrons. The van der Waals surface area contributed by atoms with Crippen molar-refractivity contribution in [2.24, 2.45) is 51.2 Å². The van der Waals surface area contributed by atoms with E-state index in [1.807, 2.05) is 0 Å². The van der Waals surface area contributed by atoms with Crippen molar-refractivity contribution >= 4 is 11.9 Å². The van der Waals surface area contributed by atoms with E-state index < -0.39 is 115 Å². The molecule has 3 aliphatic carbocycles. The van der Waals surface area contributed by atoms with Crippen LogP contribution < -0.4 is 45.0 Å². The van der Waals surface area contributed by atoms with Crippen LogP contribution in [-0.2, 0) is 19.0 Å². The van der Waals surface area contributed by atoms with Crippen LogP contribution in [0, 0.1) is 11.8 Å². The second-order valence-electron chi connectivity index (χ2n) is 14.1. The highest BCUT2D eigenvalue weighted by molar-refractivity contribution is 5.90. The lowest BCUT2D eigenvalue weighted by molar-refractivity contribution is -0.307. The van der Waals surface area contributed by atoms with Crippen molar-refractivity contribution < 1.29 is 54.8 Å². The van der Waals surface area contributed by atoms with Gasteiger partial charge >= 0.3 is 0 Å². The van der Waals surface area contributed by atoms with Gasteiger partial charge in [-0.05, 0) is 31.7 Å². The van der Waals surface area contributed by atoms with Crippen molar-refractivity contribution in [2.75, 3.05) is 19.7 Å². The van der Waals surface area contributed by atoms with Crippen LogP contribution in [0.15, 0.2) is 4.99 Å². The molecular weight excluding hydrogens is 638 g/mol. The molecular formula is C28H53N9O11. The average Bonchev–Trinajstić information content (AvgIpc) is 3.67. The molecule has 21 N–H and O–H groups in total. The molecule has 5 fully saturated rings. The Balaban J connectivity index is 1.36. The van der Waals surface area contributed by atoms with Gasteiger partial charge in [-0.15, -0.1) is 0 Å². The zero-order valence-corrected chi connectivity index (χ0v) is 26.5. The lowest BCUT2D eigenvalue weighted by Crippen LogP contribution is -2.72. The first-order valence-electron chi connectivity index (χ1n) is 16.4. The van der Waals surface area contributed by atoms with Gasteiger partial charge in [0.25, 0.3) is 5.91 Å². The third-order valence-electron chi connectivity index (χ3n) is 10.6. The lowest BCUT2D eigenvalue weighted by atomic mass is 9.71. The summed E-state index contributed by atoms with van der Waals surface area (Å²) < 4.78 is 17.9. The number of aliphatic hydroxyl groups is 7. The van der Waals surface area contributed by atoms with Crippen LogP contribution >= 0.6 is 0 Å². The molecule has 3 unspecified atom stereocenters. The zero-order valence-electron chi connectivity index (χ0n) is 26.5. The van der Waals surface area contributed by atoms with Crippen molar-refractivity contribution in [1.29, 1.82) is 0 Å². The van der Waals surface area contributed by atoms with E-state index >= 15 is 0 Å². The number of carbonyl (C=O) groups is 1. The van der Waals surface area contributed by atoms with E-state index in [2.05, 4.69) is 15.6 Å². The van der Waals surface area contributed by atoms with E-state index in [-0.39, 0.29) is 31.4 Å². The van der Waals surface area contributed by atoms with Crippen LogP contribution in [-0.4, -0.2) is 170 Å². The smallest absolute Gasteiger partial charge is 0.254 e. The van der Waals surface area contributed by atoms with Crippen LogP contribution in [0.1, 0.15) is 25.7 Å². The minimum Gasteiger partial charge on any atom is -0.394 e. The summed E-state index contributed by atoms with van der Waals surface area (Å²) in [7, 11) is 0. The maximum atomic E-state index is 13.3. The van der Waals surface area contributed by atoms with E-state index in [0.29, 0.717) is 12.5 Å². The summed E-state index contributed by atoms with van der Waals surface area (Å²) in [5.74, 6) is -1.87. The largest absolute Gasteiger partial charge is 0.394 e. The van der Waals surface area contributed by atoms with E-state index in [9.17, 15) is 40.5 Å². The molecule has 1 amide bonds. The van der Waals surface area contributed by atoms with Crippen LogP contribution in [0.25, 0.3) is 0 Å². The fraction of sp³-hybridized carbons (Fsp3) is 0.929. The molecule has 0 radical (unpaired) electrons. The SMILES string of the molecule is NC(N)=NC1CC1(O)C(=O)N[C@@H]1C[C@H](N)C([C@H]2O[C@H](CNCC3CC(N)C3)[C@@H](O)[C@H](O)[C@H]2N)[C@H](O)[C@H]1O[C@H]1O[C@H](CO)[C@@H](O)[C@H](N)[C@H]1O. The molecule has 0 spiro atoms. The summed E-state index contributed by atoms with van der Waals surface area (Å²) in [6, 6.07) is -5.31. The molecule has 5 aliphatic rings. The molecule has 0 aromatic heterocycles. The lowest BCUT2D eigenvalue weighted by Gasteiger charge is -2.52. The van der Waals surface area contributed by atoms with Gasteiger partial charge < -0.3 is 95.0 Å². The topological polar surface area (TPSA) is 379 Å². The molecule has 48 heavy (non-hydrogen) atoms. The van der Waals surface area contributed by atoms with Crippen LogP contribution in [0.3, 0.4) is 0 Å².